The van der Waals surface area contributed by atoms with Gasteiger partial charge in [-0.05, 0) is 44.4 Å². The normalized spacial score (nSPS) is 15.0. The number of rotatable bonds is 8. The molecule has 0 aliphatic carbocycles. The Labute approximate surface area is 197 Å². The molecule has 1 fully saturated rings. The smallest absolute Gasteiger partial charge is 0.309 e. The summed E-state index contributed by atoms with van der Waals surface area (Å²) in [5, 5.41) is 6.48. The summed E-state index contributed by atoms with van der Waals surface area (Å²) in [6.07, 6.45) is 6.21. The largest absolute Gasteiger partial charge is 0.466 e. The summed E-state index contributed by atoms with van der Waals surface area (Å²) < 4.78 is 18.5. The molecule has 1 atom stereocenters. The number of aromatic nitrogens is 4. The predicted octanol–water partition coefficient (Wildman–Crippen LogP) is 4.10. The molecule has 0 amide bonds. The maximum Gasteiger partial charge on any atom is 0.309 e. The lowest BCUT2D eigenvalue weighted by Crippen LogP contribution is -2.37. The van der Waals surface area contributed by atoms with E-state index in [1.807, 2.05) is 19.9 Å². The van der Waals surface area contributed by atoms with E-state index in [9.17, 15) is 9.18 Å². The summed E-state index contributed by atoms with van der Waals surface area (Å²) in [4.78, 5) is 31.9. The van der Waals surface area contributed by atoms with E-state index in [1.54, 1.807) is 30.7 Å². The van der Waals surface area contributed by atoms with Gasteiger partial charge in [-0.15, -0.1) is 0 Å². The van der Waals surface area contributed by atoms with Crippen molar-refractivity contribution in [3.8, 4) is 0 Å². The van der Waals surface area contributed by atoms with Gasteiger partial charge in [-0.2, -0.15) is 9.97 Å². The van der Waals surface area contributed by atoms with Gasteiger partial charge < -0.3 is 20.3 Å². The van der Waals surface area contributed by atoms with Gasteiger partial charge in [-0.3, -0.25) is 9.78 Å². The predicted molar refractivity (Wildman–Crippen MR) is 127 cm³/mol. The van der Waals surface area contributed by atoms with Gasteiger partial charge in [-0.1, -0.05) is 12.1 Å². The second-order valence-corrected chi connectivity index (χ2v) is 8.08. The monoisotopic (exact) mass is 465 g/mol. The number of benzene rings is 1. The van der Waals surface area contributed by atoms with Crippen LogP contribution in [0, 0.1) is 11.7 Å². The van der Waals surface area contributed by atoms with Gasteiger partial charge >= 0.3 is 5.97 Å². The molecule has 0 spiro atoms. The van der Waals surface area contributed by atoms with Crippen molar-refractivity contribution in [2.24, 2.45) is 5.92 Å². The number of nitrogens with one attached hydrogen (secondary N) is 2. The Morgan fingerprint density at radius 1 is 1.18 bits per heavy atom. The molecule has 1 aliphatic heterocycles. The highest BCUT2D eigenvalue weighted by Crippen LogP contribution is 2.27. The van der Waals surface area contributed by atoms with E-state index >= 15 is 0 Å². The van der Waals surface area contributed by atoms with Crippen LogP contribution in [0.5, 0.6) is 0 Å². The van der Waals surface area contributed by atoms with Gasteiger partial charge in [-0.25, -0.2) is 9.37 Å². The van der Waals surface area contributed by atoms with Crippen molar-refractivity contribution in [3.63, 3.8) is 0 Å². The Morgan fingerprint density at radius 3 is 2.62 bits per heavy atom. The highest BCUT2D eigenvalue weighted by atomic mass is 19.1. The number of ether oxygens (including phenoxy) is 1. The second kappa shape index (κ2) is 10.9. The van der Waals surface area contributed by atoms with Gasteiger partial charge in [0.2, 0.25) is 5.95 Å². The molecule has 1 saturated heterocycles. The molecule has 178 valence electrons. The number of nitrogens with zero attached hydrogens (tertiary/aromatic N) is 5. The molecule has 0 saturated carbocycles. The number of piperidine rings is 1. The van der Waals surface area contributed by atoms with Crippen molar-refractivity contribution >= 4 is 29.4 Å². The standard InChI is InChI=1S/C24H28FN7O2/c1-3-34-23(33)18-8-12-32(13-9-18)22-14-20(29-21-15-26-10-11-27-21)30-24(31-22)28-16(2)17-4-6-19(25)7-5-17/h4-7,10-11,14-16,18H,3,8-9,12-13H2,1-2H3,(H2,27,28,29,30,31)/t16-/m0/s1. The summed E-state index contributed by atoms with van der Waals surface area (Å²) in [6.45, 7) is 5.53. The lowest BCUT2D eigenvalue weighted by atomic mass is 9.97. The fraction of sp³-hybridized carbons (Fsp3) is 0.375. The number of hydrogen-bond acceptors (Lipinski definition) is 9. The molecule has 0 unspecified atom stereocenters. The van der Waals surface area contributed by atoms with Crippen LogP contribution in [0.15, 0.2) is 48.9 Å². The van der Waals surface area contributed by atoms with Gasteiger partial charge in [0.1, 0.15) is 23.3 Å². The van der Waals surface area contributed by atoms with Crippen LogP contribution in [0.4, 0.5) is 27.8 Å². The molecule has 10 heteroatoms. The summed E-state index contributed by atoms with van der Waals surface area (Å²) in [5.41, 5.74) is 0.911. The minimum Gasteiger partial charge on any atom is -0.466 e. The van der Waals surface area contributed by atoms with E-state index in [0.717, 1.165) is 11.4 Å². The molecule has 2 aromatic heterocycles. The van der Waals surface area contributed by atoms with Crippen molar-refractivity contribution in [2.75, 3.05) is 35.2 Å². The molecular weight excluding hydrogens is 437 g/mol. The zero-order valence-electron chi connectivity index (χ0n) is 19.2. The van der Waals surface area contributed by atoms with E-state index in [0.29, 0.717) is 50.1 Å². The van der Waals surface area contributed by atoms with Crippen LogP contribution in [0.2, 0.25) is 0 Å². The minimum absolute atomic E-state index is 0.0914. The Hall–Kier alpha value is -3.82. The Kier molecular flexibility index (Phi) is 7.46. The van der Waals surface area contributed by atoms with Crippen molar-refractivity contribution in [3.05, 3.63) is 60.3 Å². The van der Waals surface area contributed by atoms with Crippen LogP contribution in [0.1, 0.15) is 38.3 Å². The summed E-state index contributed by atoms with van der Waals surface area (Å²) >= 11 is 0. The average molecular weight is 466 g/mol. The lowest BCUT2D eigenvalue weighted by Gasteiger charge is -2.32. The van der Waals surface area contributed by atoms with Crippen LogP contribution < -0.4 is 15.5 Å². The quantitative estimate of drug-likeness (QED) is 0.476. The second-order valence-electron chi connectivity index (χ2n) is 8.08. The van der Waals surface area contributed by atoms with Gasteiger partial charge in [0, 0.05) is 31.5 Å². The van der Waals surface area contributed by atoms with Crippen molar-refractivity contribution in [1.29, 1.82) is 0 Å². The fourth-order valence-corrected chi connectivity index (χ4v) is 3.85. The highest BCUT2D eigenvalue weighted by molar-refractivity contribution is 5.73. The molecule has 0 radical (unpaired) electrons. The van der Waals surface area contributed by atoms with Gasteiger partial charge in [0.25, 0.3) is 0 Å². The fourth-order valence-electron chi connectivity index (χ4n) is 3.85. The van der Waals surface area contributed by atoms with Gasteiger partial charge in [0.05, 0.1) is 24.8 Å². The summed E-state index contributed by atoms with van der Waals surface area (Å²) in [6, 6.07) is 8.03. The first kappa shape index (κ1) is 23.3. The number of halogens is 1. The molecule has 34 heavy (non-hydrogen) atoms. The van der Waals surface area contributed by atoms with Crippen LogP contribution in [-0.2, 0) is 9.53 Å². The molecule has 0 bridgehead atoms. The number of carbonyl (C=O) groups is 1. The molecule has 1 aliphatic rings. The van der Waals surface area contributed by atoms with Crippen LogP contribution >= 0.6 is 0 Å². The topological polar surface area (TPSA) is 105 Å². The number of hydrogen-bond donors (Lipinski definition) is 2. The maximum atomic E-state index is 13.3. The Balaban J connectivity index is 1.54. The van der Waals surface area contributed by atoms with Crippen molar-refractivity contribution in [1.82, 2.24) is 19.9 Å². The third kappa shape index (κ3) is 5.94. The zero-order valence-corrected chi connectivity index (χ0v) is 19.2. The zero-order chi connectivity index (χ0) is 23.9. The number of anilines is 4. The van der Waals surface area contributed by atoms with Crippen LogP contribution in [0.25, 0.3) is 0 Å². The van der Waals surface area contributed by atoms with E-state index in [-0.39, 0.29) is 23.7 Å². The minimum atomic E-state index is -0.282. The summed E-state index contributed by atoms with van der Waals surface area (Å²) in [7, 11) is 0. The van der Waals surface area contributed by atoms with Crippen molar-refractivity contribution < 1.29 is 13.9 Å². The summed E-state index contributed by atoms with van der Waals surface area (Å²) in [5.74, 6) is 1.77. The third-order valence-electron chi connectivity index (χ3n) is 5.69. The van der Waals surface area contributed by atoms with Crippen LogP contribution in [-0.4, -0.2) is 45.6 Å². The van der Waals surface area contributed by atoms with E-state index in [2.05, 4.69) is 30.5 Å². The lowest BCUT2D eigenvalue weighted by molar-refractivity contribution is -0.148. The van der Waals surface area contributed by atoms with E-state index < -0.39 is 0 Å². The molecule has 9 nitrogen and oxygen atoms in total. The average Bonchev–Trinajstić information content (AvgIpc) is 2.85. The molecule has 1 aromatic carbocycles. The van der Waals surface area contributed by atoms with Crippen LogP contribution in [0.3, 0.4) is 0 Å². The molecular formula is C24H28FN7O2. The molecule has 2 N–H and O–H groups in total. The molecule has 3 aromatic rings. The SMILES string of the molecule is CCOC(=O)C1CCN(c2cc(Nc3cnccn3)nc(N[C@@H](C)c3ccc(F)cc3)n2)CC1. The maximum absolute atomic E-state index is 13.3. The highest BCUT2D eigenvalue weighted by Gasteiger charge is 2.27. The number of carbonyl (C=O) groups excluding carboxylic acids is 1. The molecule has 4 rings (SSSR count). The van der Waals surface area contributed by atoms with Gasteiger partial charge in [0.15, 0.2) is 0 Å². The first-order chi connectivity index (χ1) is 16.5. The third-order valence-corrected chi connectivity index (χ3v) is 5.69. The Bertz CT molecular complexity index is 1090. The Morgan fingerprint density at radius 2 is 1.94 bits per heavy atom. The van der Waals surface area contributed by atoms with Crippen molar-refractivity contribution in [2.45, 2.75) is 32.7 Å². The first-order valence-corrected chi connectivity index (χ1v) is 11.4. The van der Waals surface area contributed by atoms with E-state index in [4.69, 9.17) is 9.72 Å². The van der Waals surface area contributed by atoms with E-state index in [1.165, 1.54) is 12.1 Å². The number of esters is 1. The molecule has 3 heterocycles. The first-order valence-electron chi connectivity index (χ1n) is 11.4.